The van der Waals surface area contributed by atoms with Gasteiger partial charge in [-0.3, -0.25) is 9.59 Å². The highest BCUT2D eigenvalue weighted by Gasteiger charge is 2.14. The first-order valence-electron chi connectivity index (χ1n) is 9.43. The fourth-order valence-corrected chi connectivity index (χ4v) is 2.82. The van der Waals surface area contributed by atoms with Crippen molar-refractivity contribution in [2.75, 3.05) is 7.11 Å². The highest BCUT2D eigenvalue weighted by atomic mass is 16.5. The van der Waals surface area contributed by atoms with Crippen LogP contribution in [0.25, 0.3) is 6.08 Å². The van der Waals surface area contributed by atoms with Crippen LogP contribution in [-0.2, 0) is 19.1 Å². The van der Waals surface area contributed by atoms with Crippen LogP contribution < -0.4 is 4.74 Å². The number of benzene rings is 1. The third-order valence-electron chi connectivity index (χ3n) is 4.36. The topological polar surface area (TPSA) is 82.1 Å². The Balaban J connectivity index is 1.51. The number of rotatable bonds is 8. The molecular formula is C24H22O6. The lowest BCUT2D eigenvalue weighted by molar-refractivity contribution is -0.121. The van der Waals surface area contributed by atoms with Crippen molar-refractivity contribution in [1.82, 2.24) is 0 Å². The van der Waals surface area contributed by atoms with Gasteiger partial charge in [0.2, 0.25) is 0 Å². The van der Waals surface area contributed by atoms with E-state index in [2.05, 4.69) is 6.08 Å². The summed E-state index contributed by atoms with van der Waals surface area (Å²) in [6, 6.07) is 4.76. The van der Waals surface area contributed by atoms with Crippen LogP contribution in [0.1, 0.15) is 24.8 Å². The number of carbonyl (C=O) groups is 2. The van der Waals surface area contributed by atoms with Crippen LogP contribution in [0.15, 0.2) is 84.3 Å². The van der Waals surface area contributed by atoms with Gasteiger partial charge in [-0.2, -0.15) is 0 Å². The number of ketones is 2. The monoisotopic (exact) mass is 406 g/mol. The number of methoxy groups -OCH3 is 1. The lowest BCUT2D eigenvalue weighted by Gasteiger charge is -2.17. The first-order valence-corrected chi connectivity index (χ1v) is 9.43. The van der Waals surface area contributed by atoms with Gasteiger partial charge in [0.05, 0.1) is 13.5 Å². The van der Waals surface area contributed by atoms with Crippen LogP contribution >= 0.6 is 0 Å². The van der Waals surface area contributed by atoms with Crippen molar-refractivity contribution in [2.45, 2.75) is 19.3 Å². The second-order valence-electron chi connectivity index (χ2n) is 6.61. The molecule has 0 saturated heterocycles. The molecule has 0 aromatic heterocycles. The number of carbonyl (C=O) groups excluding carboxylic acids is 2. The van der Waals surface area contributed by atoms with Crippen LogP contribution in [0, 0.1) is 0 Å². The van der Waals surface area contributed by atoms with Gasteiger partial charge in [-0.05, 0) is 54.3 Å². The number of ether oxygens (including phenoxy) is 3. The maximum absolute atomic E-state index is 12.1. The zero-order valence-electron chi connectivity index (χ0n) is 16.5. The third kappa shape index (κ3) is 5.85. The second-order valence-corrected chi connectivity index (χ2v) is 6.61. The molecule has 0 unspecified atom stereocenters. The van der Waals surface area contributed by atoms with Gasteiger partial charge in [0, 0.05) is 0 Å². The van der Waals surface area contributed by atoms with Crippen molar-refractivity contribution in [3.8, 4) is 11.5 Å². The Kier molecular flexibility index (Phi) is 7.05. The summed E-state index contributed by atoms with van der Waals surface area (Å²) in [5.41, 5.74) is 1.64. The predicted molar refractivity (Wildman–Crippen MR) is 112 cm³/mol. The molecule has 6 nitrogen and oxygen atoms in total. The van der Waals surface area contributed by atoms with Gasteiger partial charge in [0.15, 0.2) is 34.6 Å². The minimum Gasteiger partial charge on any atom is -0.504 e. The molecule has 0 amide bonds. The normalized spacial score (nSPS) is 15.8. The number of phenols is 1. The van der Waals surface area contributed by atoms with Crippen molar-refractivity contribution in [3.63, 3.8) is 0 Å². The summed E-state index contributed by atoms with van der Waals surface area (Å²) in [5.74, 6) is 0.597. The molecule has 6 heteroatoms. The smallest absolute Gasteiger partial charge is 0.165 e. The van der Waals surface area contributed by atoms with Gasteiger partial charge < -0.3 is 19.3 Å². The highest BCUT2D eigenvalue weighted by molar-refractivity contribution is 6.09. The van der Waals surface area contributed by atoms with Gasteiger partial charge in [-0.25, -0.2) is 0 Å². The molecule has 1 N–H and O–H groups in total. The molecule has 0 saturated carbocycles. The fourth-order valence-electron chi connectivity index (χ4n) is 2.82. The Morgan fingerprint density at radius 1 is 1.17 bits per heavy atom. The molecule has 0 radical (unpaired) electrons. The van der Waals surface area contributed by atoms with E-state index < -0.39 is 0 Å². The highest BCUT2D eigenvalue weighted by Crippen LogP contribution is 2.27. The summed E-state index contributed by atoms with van der Waals surface area (Å²) in [6.45, 7) is 0. The van der Waals surface area contributed by atoms with E-state index in [9.17, 15) is 14.7 Å². The minimum absolute atomic E-state index is 0.0254. The van der Waals surface area contributed by atoms with E-state index in [0.717, 1.165) is 18.4 Å². The average Bonchev–Trinajstić information content (AvgIpc) is 2.77. The molecule has 0 atom stereocenters. The standard InChI is InChI=1S/C24H22O6/c1-28-23-12-8-17(13-22(23)27)7-9-19(25)14-20(26)10-11-21-15-29-16-24(30-21)18-5-3-2-4-6-18/h2-3,5,7-13,15-16,27H,4,6,14H2,1H3/b9-7+,11-10+. The average molecular weight is 406 g/mol. The first kappa shape index (κ1) is 20.9. The van der Waals surface area contributed by atoms with E-state index in [1.807, 2.05) is 12.2 Å². The number of hydrogen-bond donors (Lipinski definition) is 1. The lowest BCUT2D eigenvalue weighted by atomic mass is 10.0. The Morgan fingerprint density at radius 3 is 2.67 bits per heavy atom. The summed E-state index contributed by atoms with van der Waals surface area (Å²) in [4.78, 5) is 24.1. The van der Waals surface area contributed by atoms with Crippen LogP contribution in [0.4, 0.5) is 0 Å². The van der Waals surface area contributed by atoms with E-state index in [-0.39, 0.29) is 23.7 Å². The van der Waals surface area contributed by atoms with Crippen molar-refractivity contribution in [2.24, 2.45) is 0 Å². The quantitative estimate of drug-likeness (QED) is 0.505. The van der Waals surface area contributed by atoms with Gasteiger partial charge in [-0.15, -0.1) is 0 Å². The molecule has 1 aromatic carbocycles. The Labute approximate surface area is 174 Å². The van der Waals surface area contributed by atoms with Crippen LogP contribution in [0.5, 0.6) is 11.5 Å². The van der Waals surface area contributed by atoms with E-state index in [0.29, 0.717) is 22.8 Å². The van der Waals surface area contributed by atoms with E-state index in [4.69, 9.17) is 14.2 Å². The van der Waals surface area contributed by atoms with Crippen LogP contribution in [0.2, 0.25) is 0 Å². The van der Waals surface area contributed by atoms with E-state index in [1.165, 1.54) is 50.0 Å². The zero-order chi connectivity index (χ0) is 21.3. The van der Waals surface area contributed by atoms with E-state index in [1.54, 1.807) is 12.1 Å². The van der Waals surface area contributed by atoms with Crippen LogP contribution in [0.3, 0.4) is 0 Å². The lowest BCUT2D eigenvalue weighted by Crippen LogP contribution is -2.04. The number of hydrogen-bond acceptors (Lipinski definition) is 6. The molecule has 1 aliphatic heterocycles. The number of allylic oxidation sites excluding steroid dienone is 7. The summed E-state index contributed by atoms with van der Waals surface area (Å²) < 4.78 is 16.0. The molecule has 1 aromatic rings. The molecule has 1 heterocycles. The Morgan fingerprint density at radius 2 is 1.97 bits per heavy atom. The van der Waals surface area contributed by atoms with Gasteiger partial charge in [0.1, 0.15) is 12.5 Å². The number of aromatic hydroxyl groups is 1. The summed E-state index contributed by atoms with van der Waals surface area (Å²) in [5, 5.41) is 9.75. The molecule has 2 aliphatic rings. The van der Waals surface area contributed by atoms with Gasteiger partial charge in [0.25, 0.3) is 0 Å². The molecule has 30 heavy (non-hydrogen) atoms. The molecule has 1 aliphatic carbocycles. The van der Waals surface area contributed by atoms with Gasteiger partial charge >= 0.3 is 0 Å². The molecule has 0 fully saturated rings. The largest absolute Gasteiger partial charge is 0.504 e. The minimum atomic E-state index is -0.359. The predicted octanol–water partition coefficient (Wildman–Crippen LogP) is 4.50. The molecule has 0 spiro atoms. The summed E-state index contributed by atoms with van der Waals surface area (Å²) >= 11 is 0. The maximum atomic E-state index is 12.1. The SMILES string of the molecule is COc1ccc(/C=C/C(=O)CC(=O)/C=C/C2=COC=C(C3=CC=CCC3)O2)cc1O. The van der Waals surface area contributed by atoms with Crippen molar-refractivity contribution in [1.29, 1.82) is 0 Å². The first-order chi connectivity index (χ1) is 14.5. The van der Waals surface area contributed by atoms with Gasteiger partial charge in [-0.1, -0.05) is 30.4 Å². The molecule has 154 valence electrons. The zero-order valence-corrected chi connectivity index (χ0v) is 16.5. The van der Waals surface area contributed by atoms with Crippen molar-refractivity contribution in [3.05, 3.63) is 89.8 Å². The van der Waals surface area contributed by atoms with E-state index >= 15 is 0 Å². The molecular weight excluding hydrogens is 384 g/mol. The fraction of sp³-hybridized carbons (Fsp3) is 0.167. The summed E-state index contributed by atoms with van der Waals surface area (Å²) in [6.07, 6.45) is 16.0. The molecule has 0 bridgehead atoms. The summed E-state index contributed by atoms with van der Waals surface area (Å²) in [7, 11) is 1.45. The second kappa shape index (κ2) is 10.1. The number of phenolic OH excluding ortho intramolecular Hbond substituents is 1. The van der Waals surface area contributed by atoms with Crippen molar-refractivity contribution >= 4 is 17.6 Å². The maximum Gasteiger partial charge on any atom is 0.165 e. The van der Waals surface area contributed by atoms with Crippen LogP contribution in [-0.4, -0.2) is 23.8 Å². The third-order valence-corrected chi connectivity index (χ3v) is 4.36. The Hall–Kier alpha value is -3.80. The molecule has 3 rings (SSSR count). The van der Waals surface area contributed by atoms with Crippen molar-refractivity contribution < 1.29 is 28.9 Å². The Bertz CT molecular complexity index is 1000.